The molecule has 4 rings (SSSR count). The average Bonchev–Trinajstić information content (AvgIpc) is 3.34. The highest BCUT2D eigenvalue weighted by molar-refractivity contribution is 7.99. The Hall–Kier alpha value is -3.59. The molecule has 9 heteroatoms. The van der Waals surface area contributed by atoms with Crippen molar-refractivity contribution in [2.24, 2.45) is 0 Å². The maximum Gasteiger partial charge on any atom is 0.362 e. The lowest BCUT2D eigenvalue weighted by Gasteiger charge is -2.01. The number of hydrogen-bond acceptors (Lipinski definition) is 6. The fraction of sp³-hybridized carbons (Fsp3) is 0.0526. The molecule has 2 aromatic heterocycles. The normalized spacial score (nSPS) is 10.7. The molecule has 2 aromatic carbocycles. The van der Waals surface area contributed by atoms with Gasteiger partial charge in [-0.1, -0.05) is 72.4 Å². The topological polar surface area (TPSA) is 106 Å². The van der Waals surface area contributed by atoms with Gasteiger partial charge in [-0.3, -0.25) is 10.2 Å². The van der Waals surface area contributed by atoms with Crippen molar-refractivity contribution >= 4 is 17.7 Å². The number of aromatic amines is 1. The summed E-state index contributed by atoms with van der Waals surface area (Å²) in [7, 11) is 0. The predicted molar refractivity (Wildman–Crippen MR) is 105 cm³/mol. The fourth-order valence-corrected chi connectivity index (χ4v) is 3.18. The summed E-state index contributed by atoms with van der Waals surface area (Å²) in [6, 6.07) is 19.4. The summed E-state index contributed by atoms with van der Waals surface area (Å²) in [5.74, 6) is 0.288. The highest BCUT2D eigenvalue weighted by atomic mass is 32.2. The molecule has 0 saturated heterocycles. The standard InChI is InChI=1S/C19H15N5O3S/c25-15(23-24-12-20-22-18(24)26)11-28-19-21-16(13-7-3-1-4-8-13)17(27-19)14-9-5-2-6-10-14/h1-10,12H,11H2,(H,22,26)(H,23,25). The molecular formula is C19H15N5O3S. The number of carbonyl (C=O) groups excluding carboxylic acids is 1. The van der Waals surface area contributed by atoms with Gasteiger partial charge < -0.3 is 4.42 Å². The molecule has 28 heavy (non-hydrogen) atoms. The van der Waals surface area contributed by atoms with Crippen LogP contribution in [0.15, 0.2) is 81.4 Å². The summed E-state index contributed by atoms with van der Waals surface area (Å²) < 4.78 is 6.92. The van der Waals surface area contributed by atoms with Gasteiger partial charge in [-0.15, -0.1) is 0 Å². The number of nitrogens with zero attached hydrogens (tertiary/aromatic N) is 3. The van der Waals surface area contributed by atoms with E-state index in [4.69, 9.17) is 4.42 Å². The highest BCUT2D eigenvalue weighted by Crippen LogP contribution is 2.35. The van der Waals surface area contributed by atoms with Crippen molar-refractivity contribution in [3.8, 4) is 22.6 Å². The molecule has 0 atom stereocenters. The quantitative estimate of drug-likeness (QED) is 0.488. The minimum absolute atomic E-state index is 0.0284. The molecule has 2 N–H and O–H groups in total. The Morgan fingerprint density at radius 2 is 1.75 bits per heavy atom. The van der Waals surface area contributed by atoms with Crippen LogP contribution in [0.25, 0.3) is 22.6 Å². The van der Waals surface area contributed by atoms with Crippen molar-refractivity contribution in [3.63, 3.8) is 0 Å². The zero-order valence-corrected chi connectivity index (χ0v) is 15.3. The lowest BCUT2D eigenvalue weighted by molar-refractivity contribution is -0.114. The van der Waals surface area contributed by atoms with Crippen LogP contribution in [0.4, 0.5) is 0 Å². The number of oxazole rings is 1. The van der Waals surface area contributed by atoms with Crippen LogP contribution in [-0.4, -0.2) is 31.5 Å². The largest absolute Gasteiger partial charge is 0.431 e. The smallest absolute Gasteiger partial charge is 0.362 e. The number of amides is 1. The van der Waals surface area contributed by atoms with E-state index in [2.05, 4.69) is 20.6 Å². The van der Waals surface area contributed by atoms with E-state index < -0.39 is 5.69 Å². The van der Waals surface area contributed by atoms with Gasteiger partial charge in [0.05, 0.1) is 5.75 Å². The number of H-pyrrole nitrogens is 1. The van der Waals surface area contributed by atoms with Gasteiger partial charge in [-0.25, -0.2) is 14.9 Å². The SMILES string of the molecule is O=C(CSc1nc(-c2ccccc2)c(-c2ccccc2)o1)Nn1cn[nH]c1=O. The van der Waals surface area contributed by atoms with Crippen molar-refractivity contribution in [1.29, 1.82) is 0 Å². The van der Waals surface area contributed by atoms with Gasteiger partial charge in [0, 0.05) is 11.1 Å². The zero-order chi connectivity index (χ0) is 19.3. The van der Waals surface area contributed by atoms with Crippen molar-refractivity contribution < 1.29 is 9.21 Å². The van der Waals surface area contributed by atoms with Gasteiger partial charge in [-0.2, -0.15) is 9.77 Å². The maximum atomic E-state index is 12.1. The van der Waals surface area contributed by atoms with Crippen LogP contribution in [0.5, 0.6) is 0 Å². The number of benzene rings is 2. The van der Waals surface area contributed by atoms with Gasteiger partial charge in [0.1, 0.15) is 12.0 Å². The molecule has 0 spiro atoms. The molecule has 0 aliphatic rings. The number of nitrogens with one attached hydrogen (secondary N) is 2. The number of hydrogen-bond donors (Lipinski definition) is 2. The van der Waals surface area contributed by atoms with Gasteiger partial charge in [-0.05, 0) is 0 Å². The van der Waals surface area contributed by atoms with Gasteiger partial charge in [0.15, 0.2) is 5.76 Å². The Morgan fingerprint density at radius 1 is 1.07 bits per heavy atom. The Balaban J connectivity index is 1.56. The number of thioether (sulfide) groups is 1. The Kier molecular flexibility index (Phi) is 5.07. The molecule has 4 aromatic rings. The molecule has 0 aliphatic heterocycles. The molecule has 0 fully saturated rings. The van der Waals surface area contributed by atoms with E-state index in [1.165, 1.54) is 6.33 Å². The van der Waals surface area contributed by atoms with Crippen LogP contribution < -0.4 is 11.1 Å². The average molecular weight is 393 g/mol. The van der Waals surface area contributed by atoms with Gasteiger partial charge in [0.2, 0.25) is 5.91 Å². The summed E-state index contributed by atoms with van der Waals surface area (Å²) in [4.78, 5) is 28.0. The highest BCUT2D eigenvalue weighted by Gasteiger charge is 2.18. The third-order valence-corrected chi connectivity index (χ3v) is 4.64. The molecule has 0 radical (unpaired) electrons. The third kappa shape index (κ3) is 3.89. The van der Waals surface area contributed by atoms with Crippen molar-refractivity contribution in [3.05, 3.63) is 77.5 Å². The van der Waals surface area contributed by atoms with Crippen LogP contribution in [0.1, 0.15) is 0 Å². The summed E-state index contributed by atoms with van der Waals surface area (Å²) in [5.41, 5.74) is 4.44. The summed E-state index contributed by atoms with van der Waals surface area (Å²) in [5, 5.41) is 6.12. The Labute approximate surface area is 163 Å². The van der Waals surface area contributed by atoms with Crippen molar-refractivity contribution in [1.82, 2.24) is 19.9 Å². The maximum absolute atomic E-state index is 12.1. The third-order valence-electron chi connectivity index (χ3n) is 3.81. The molecule has 0 bridgehead atoms. The summed E-state index contributed by atoms with van der Waals surface area (Å²) >= 11 is 1.14. The van der Waals surface area contributed by atoms with E-state index >= 15 is 0 Å². The fourth-order valence-electron chi connectivity index (χ4n) is 2.56. The Bertz CT molecular complexity index is 1080. The predicted octanol–water partition coefficient (Wildman–Crippen LogP) is 2.76. The monoisotopic (exact) mass is 393 g/mol. The van der Waals surface area contributed by atoms with E-state index in [9.17, 15) is 9.59 Å². The molecular weight excluding hydrogens is 378 g/mol. The second kappa shape index (κ2) is 7.97. The molecule has 0 saturated carbocycles. The lowest BCUT2D eigenvalue weighted by atomic mass is 10.1. The summed E-state index contributed by atoms with van der Waals surface area (Å²) in [6.45, 7) is 0. The molecule has 0 aliphatic carbocycles. The van der Waals surface area contributed by atoms with Crippen molar-refractivity contribution in [2.75, 3.05) is 11.2 Å². The lowest BCUT2D eigenvalue weighted by Crippen LogP contribution is -2.31. The first-order valence-electron chi connectivity index (χ1n) is 8.37. The minimum Gasteiger partial charge on any atom is -0.431 e. The van der Waals surface area contributed by atoms with Crippen LogP contribution >= 0.6 is 11.8 Å². The first kappa shape index (κ1) is 17.8. The first-order chi connectivity index (χ1) is 13.7. The van der Waals surface area contributed by atoms with Gasteiger partial charge in [0.25, 0.3) is 5.22 Å². The zero-order valence-electron chi connectivity index (χ0n) is 14.5. The van der Waals surface area contributed by atoms with E-state index in [1.54, 1.807) is 0 Å². The minimum atomic E-state index is -0.521. The first-order valence-corrected chi connectivity index (χ1v) is 9.35. The molecule has 0 unspecified atom stereocenters. The van der Waals surface area contributed by atoms with Crippen LogP contribution in [0.2, 0.25) is 0 Å². The van der Waals surface area contributed by atoms with E-state index in [-0.39, 0.29) is 11.7 Å². The molecule has 2 heterocycles. The molecule has 1 amide bonds. The number of carbonyl (C=O) groups is 1. The van der Waals surface area contributed by atoms with E-state index in [1.807, 2.05) is 60.7 Å². The molecule has 8 nitrogen and oxygen atoms in total. The Morgan fingerprint density at radius 3 is 2.39 bits per heavy atom. The second-order valence-electron chi connectivity index (χ2n) is 5.74. The van der Waals surface area contributed by atoms with Crippen LogP contribution in [0.3, 0.4) is 0 Å². The van der Waals surface area contributed by atoms with Gasteiger partial charge >= 0.3 is 5.69 Å². The number of aromatic nitrogens is 4. The second-order valence-corrected chi connectivity index (χ2v) is 6.67. The van der Waals surface area contributed by atoms with Crippen LogP contribution in [-0.2, 0) is 4.79 Å². The van der Waals surface area contributed by atoms with Crippen molar-refractivity contribution in [2.45, 2.75) is 5.22 Å². The number of rotatable bonds is 6. The van der Waals surface area contributed by atoms with Crippen LogP contribution in [0, 0.1) is 0 Å². The molecule has 140 valence electrons. The summed E-state index contributed by atoms with van der Waals surface area (Å²) in [6.07, 6.45) is 1.19. The van der Waals surface area contributed by atoms with E-state index in [0.717, 1.165) is 27.6 Å². The van der Waals surface area contributed by atoms with E-state index in [0.29, 0.717) is 16.7 Å².